The van der Waals surface area contributed by atoms with E-state index in [0.717, 1.165) is 23.3 Å². The maximum Gasteiger partial charge on any atom is 0.170 e. The largest absolute Gasteiger partial charge is 0.496 e. The van der Waals surface area contributed by atoms with Crippen molar-refractivity contribution >= 4 is 11.9 Å². The van der Waals surface area contributed by atoms with E-state index in [2.05, 4.69) is 10.1 Å². The molecule has 19 heavy (non-hydrogen) atoms. The van der Waals surface area contributed by atoms with Gasteiger partial charge in [0.1, 0.15) is 11.4 Å². The number of imidazole rings is 1. The van der Waals surface area contributed by atoms with Crippen LogP contribution in [-0.2, 0) is 0 Å². The van der Waals surface area contributed by atoms with Gasteiger partial charge in [-0.3, -0.25) is 4.79 Å². The first kappa shape index (κ1) is 11.4. The summed E-state index contributed by atoms with van der Waals surface area (Å²) in [5.74, 6) is 0.738. The van der Waals surface area contributed by atoms with E-state index in [-0.39, 0.29) is 0 Å². The number of carbonyl (C=O) groups excluding carboxylic acids is 1. The normalized spacial score (nSPS) is 10.6. The molecule has 0 saturated heterocycles. The molecule has 5 heteroatoms. The van der Waals surface area contributed by atoms with Crippen LogP contribution in [0.5, 0.6) is 5.75 Å². The maximum atomic E-state index is 10.9. The van der Waals surface area contributed by atoms with Crippen LogP contribution < -0.4 is 4.74 Å². The van der Waals surface area contributed by atoms with Crippen molar-refractivity contribution in [3.05, 3.63) is 48.3 Å². The summed E-state index contributed by atoms with van der Waals surface area (Å²) in [7, 11) is 1.62. The number of benzene rings is 1. The molecule has 5 nitrogen and oxygen atoms in total. The number of rotatable bonds is 3. The average Bonchev–Trinajstić information content (AvgIpc) is 2.89. The highest BCUT2D eigenvalue weighted by atomic mass is 16.5. The molecular weight excluding hydrogens is 242 g/mol. The van der Waals surface area contributed by atoms with Crippen LogP contribution in [0.3, 0.4) is 0 Å². The third kappa shape index (κ3) is 1.85. The van der Waals surface area contributed by atoms with Gasteiger partial charge < -0.3 is 4.74 Å². The van der Waals surface area contributed by atoms with Gasteiger partial charge in [-0.2, -0.15) is 5.10 Å². The molecule has 0 aliphatic rings. The van der Waals surface area contributed by atoms with E-state index >= 15 is 0 Å². The highest BCUT2D eigenvalue weighted by Gasteiger charge is 2.09. The SMILES string of the molecule is COc1ccccc1-c1ccc2ncc(C=O)n2n1. The summed E-state index contributed by atoms with van der Waals surface area (Å²) >= 11 is 0. The lowest BCUT2D eigenvalue weighted by Gasteiger charge is -2.07. The first-order chi connectivity index (χ1) is 9.33. The van der Waals surface area contributed by atoms with Crippen LogP contribution in [0.25, 0.3) is 16.9 Å². The smallest absolute Gasteiger partial charge is 0.170 e. The van der Waals surface area contributed by atoms with Gasteiger partial charge in [-0.05, 0) is 24.3 Å². The number of nitrogens with zero attached hydrogens (tertiary/aromatic N) is 3. The van der Waals surface area contributed by atoms with Crippen LogP contribution in [-0.4, -0.2) is 28.0 Å². The molecular formula is C14H11N3O2. The summed E-state index contributed by atoms with van der Waals surface area (Å²) in [5.41, 5.74) is 2.66. The van der Waals surface area contributed by atoms with Gasteiger partial charge in [0.25, 0.3) is 0 Å². The quantitative estimate of drug-likeness (QED) is 0.671. The van der Waals surface area contributed by atoms with E-state index in [1.54, 1.807) is 7.11 Å². The summed E-state index contributed by atoms with van der Waals surface area (Å²) in [4.78, 5) is 15.0. The first-order valence-corrected chi connectivity index (χ1v) is 5.77. The molecule has 0 aliphatic carbocycles. The number of ether oxygens (including phenoxy) is 1. The summed E-state index contributed by atoms with van der Waals surface area (Å²) in [6.07, 6.45) is 2.24. The van der Waals surface area contributed by atoms with Crippen LogP contribution in [0, 0.1) is 0 Å². The summed E-state index contributed by atoms with van der Waals surface area (Å²) < 4.78 is 6.84. The third-order valence-corrected chi connectivity index (χ3v) is 2.89. The Morgan fingerprint density at radius 2 is 2.05 bits per heavy atom. The minimum absolute atomic E-state index is 0.423. The zero-order valence-electron chi connectivity index (χ0n) is 10.3. The highest BCUT2D eigenvalue weighted by Crippen LogP contribution is 2.27. The van der Waals surface area contributed by atoms with Gasteiger partial charge >= 0.3 is 0 Å². The number of para-hydroxylation sites is 1. The summed E-state index contributed by atoms with van der Waals surface area (Å²) in [6.45, 7) is 0. The Hall–Kier alpha value is -2.69. The van der Waals surface area contributed by atoms with Crippen molar-refractivity contribution in [3.8, 4) is 17.0 Å². The van der Waals surface area contributed by atoms with Gasteiger partial charge in [0.15, 0.2) is 11.9 Å². The molecule has 0 spiro atoms. The molecule has 0 aliphatic heterocycles. The Morgan fingerprint density at radius 3 is 2.84 bits per heavy atom. The van der Waals surface area contributed by atoms with Crippen molar-refractivity contribution in [3.63, 3.8) is 0 Å². The molecule has 0 unspecified atom stereocenters. The molecule has 3 rings (SSSR count). The van der Waals surface area contributed by atoms with Crippen LogP contribution in [0.15, 0.2) is 42.6 Å². The van der Waals surface area contributed by atoms with Crippen molar-refractivity contribution in [2.45, 2.75) is 0 Å². The topological polar surface area (TPSA) is 56.5 Å². The zero-order valence-corrected chi connectivity index (χ0v) is 10.3. The van der Waals surface area contributed by atoms with Gasteiger partial charge in [0.2, 0.25) is 0 Å². The standard InChI is InChI=1S/C14H11N3O2/c1-19-13-5-3-2-4-11(13)12-6-7-14-15-8-10(9-18)17(14)16-12/h2-9H,1H3. The zero-order chi connectivity index (χ0) is 13.2. The molecule has 94 valence electrons. The summed E-state index contributed by atoms with van der Waals surface area (Å²) in [6, 6.07) is 11.3. The molecule has 0 atom stereocenters. The number of aromatic nitrogens is 3. The Bertz CT molecular complexity index is 749. The lowest BCUT2D eigenvalue weighted by Crippen LogP contribution is -1.99. The molecule has 0 saturated carbocycles. The second kappa shape index (κ2) is 4.53. The van der Waals surface area contributed by atoms with Crippen LogP contribution in [0.1, 0.15) is 10.5 Å². The van der Waals surface area contributed by atoms with Crippen molar-refractivity contribution in [2.24, 2.45) is 0 Å². The Balaban J connectivity index is 2.22. The van der Waals surface area contributed by atoms with E-state index in [1.807, 2.05) is 36.4 Å². The molecule has 0 radical (unpaired) electrons. The number of hydrogen-bond acceptors (Lipinski definition) is 4. The van der Waals surface area contributed by atoms with Gasteiger partial charge in [-0.25, -0.2) is 9.50 Å². The van der Waals surface area contributed by atoms with Crippen LogP contribution >= 0.6 is 0 Å². The predicted octanol–water partition coefficient (Wildman–Crippen LogP) is 2.22. The van der Waals surface area contributed by atoms with Gasteiger partial charge in [0, 0.05) is 5.56 Å². The molecule has 1 aromatic carbocycles. The van der Waals surface area contributed by atoms with Crippen molar-refractivity contribution in [2.75, 3.05) is 7.11 Å². The van der Waals surface area contributed by atoms with E-state index in [4.69, 9.17) is 4.74 Å². The Morgan fingerprint density at radius 1 is 1.21 bits per heavy atom. The average molecular weight is 253 g/mol. The monoisotopic (exact) mass is 253 g/mol. The van der Waals surface area contributed by atoms with Gasteiger partial charge in [0.05, 0.1) is 19.0 Å². The minimum atomic E-state index is 0.423. The molecule has 2 aromatic heterocycles. The number of fused-ring (bicyclic) bond motifs is 1. The lowest BCUT2D eigenvalue weighted by atomic mass is 10.1. The molecule has 2 heterocycles. The number of carbonyl (C=O) groups is 1. The molecule has 0 fully saturated rings. The van der Waals surface area contributed by atoms with Crippen LogP contribution in [0.4, 0.5) is 0 Å². The highest BCUT2D eigenvalue weighted by molar-refractivity contribution is 5.74. The van der Waals surface area contributed by atoms with Crippen molar-refractivity contribution in [1.29, 1.82) is 0 Å². The van der Waals surface area contributed by atoms with E-state index < -0.39 is 0 Å². The second-order valence-corrected chi connectivity index (χ2v) is 3.99. The van der Waals surface area contributed by atoms with E-state index in [0.29, 0.717) is 11.3 Å². The number of hydrogen-bond donors (Lipinski definition) is 0. The number of methoxy groups -OCH3 is 1. The van der Waals surface area contributed by atoms with Gasteiger partial charge in [-0.1, -0.05) is 12.1 Å². The van der Waals surface area contributed by atoms with Crippen LogP contribution in [0.2, 0.25) is 0 Å². The Labute approximate surface area is 109 Å². The fraction of sp³-hybridized carbons (Fsp3) is 0.0714. The fourth-order valence-corrected chi connectivity index (χ4v) is 1.97. The minimum Gasteiger partial charge on any atom is -0.496 e. The van der Waals surface area contributed by atoms with Crippen molar-refractivity contribution in [1.82, 2.24) is 14.6 Å². The molecule has 0 bridgehead atoms. The maximum absolute atomic E-state index is 10.9. The predicted molar refractivity (Wildman–Crippen MR) is 70.4 cm³/mol. The second-order valence-electron chi connectivity index (χ2n) is 3.99. The Kier molecular flexibility index (Phi) is 2.72. The van der Waals surface area contributed by atoms with E-state index in [1.165, 1.54) is 10.7 Å². The lowest BCUT2D eigenvalue weighted by molar-refractivity contribution is 0.111. The molecule has 0 N–H and O–H groups in total. The fourth-order valence-electron chi connectivity index (χ4n) is 1.97. The number of aldehydes is 1. The third-order valence-electron chi connectivity index (χ3n) is 2.89. The molecule has 0 amide bonds. The van der Waals surface area contributed by atoms with Gasteiger partial charge in [-0.15, -0.1) is 0 Å². The molecule has 3 aromatic rings. The van der Waals surface area contributed by atoms with E-state index in [9.17, 15) is 4.79 Å². The summed E-state index contributed by atoms with van der Waals surface area (Å²) in [5, 5.41) is 4.43. The first-order valence-electron chi connectivity index (χ1n) is 5.77. The van der Waals surface area contributed by atoms with Crippen molar-refractivity contribution < 1.29 is 9.53 Å².